The number of carbonyl (C=O) groups is 2. The zero-order valence-electron chi connectivity index (χ0n) is 12.2. The zero-order valence-corrected chi connectivity index (χ0v) is 12.2. The molecule has 2 aliphatic rings. The van der Waals surface area contributed by atoms with E-state index >= 15 is 0 Å². The van der Waals surface area contributed by atoms with Crippen LogP contribution in [-0.4, -0.2) is 60.3 Å². The lowest BCUT2D eigenvalue weighted by Gasteiger charge is -2.35. The Bertz CT molecular complexity index is 374. The molecule has 2 aliphatic heterocycles. The molecule has 1 amide bonds. The molecule has 114 valence electrons. The van der Waals surface area contributed by atoms with Crippen LogP contribution in [0.2, 0.25) is 0 Å². The lowest BCUT2D eigenvalue weighted by atomic mass is 9.95. The van der Waals surface area contributed by atoms with Crippen LogP contribution in [0.1, 0.15) is 26.7 Å². The normalized spacial score (nSPS) is 29.5. The Morgan fingerprint density at radius 3 is 2.85 bits per heavy atom. The summed E-state index contributed by atoms with van der Waals surface area (Å²) < 4.78 is 5.76. The summed E-state index contributed by atoms with van der Waals surface area (Å²) in [4.78, 5) is 25.2. The molecule has 6 nitrogen and oxygen atoms in total. The van der Waals surface area contributed by atoms with Crippen molar-refractivity contribution in [3.05, 3.63) is 0 Å². The molecule has 0 aromatic heterocycles. The number of carboxylic acid groups (broad SMARTS) is 1. The van der Waals surface area contributed by atoms with Gasteiger partial charge in [-0.3, -0.25) is 14.5 Å². The van der Waals surface area contributed by atoms with Crippen molar-refractivity contribution in [2.75, 3.05) is 26.2 Å². The van der Waals surface area contributed by atoms with Crippen LogP contribution in [0.25, 0.3) is 0 Å². The predicted octanol–water partition coefficient (Wildman–Crippen LogP) is 0.323. The Morgan fingerprint density at radius 1 is 1.40 bits per heavy atom. The van der Waals surface area contributed by atoms with Crippen molar-refractivity contribution >= 4 is 11.9 Å². The summed E-state index contributed by atoms with van der Waals surface area (Å²) in [5.74, 6) is -2.37. The minimum atomic E-state index is -0.943. The molecule has 0 aliphatic carbocycles. The number of rotatable bonds is 5. The van der Waals surface area contributed by atoms with Crippen LogP contribution in [0.5, 0.6) is 0 Å². The summed E-state index contributed by atoms with van der Waals surface area (Å²) in [6.45, 7) is 6.37. The van der Waals surface area contributed by atoms with E-state index in [0.717, 1.165) is 19.7 Å². The predicted molar refractivity (Wildman–Crippen MR) is 73.3 cm³/mol. The van der Waals surface area contributed by atoms with Gasteiger partial charge in [-0.15, -0.1) is 0 Å². The number of nitrogens with one attached hydrogen (secondary N) is 1. The highest BCUT2D eigenvalue weighted by atomic mass is 16.5. The van der Waals surface area contributed by atoms with Gasteiger partial charge in [0.2, 0.25) is 5.91 Å². The van der Waals surface area contributed by atoms with Crippen LogP contribution in [0, 0.1) is 11.8 Å². The van der Waals surface area contributed by atoms with Crippen LogP contribution in [0.15, 0.2) is 0 Å². The summed E-state index contributed by atoms with van der Waals surface area (Å²) in [5, 5.41) is 11.7. The molecule has 2 heterocycles. The van der Waals surface area contributed by atoms with Gasteiger partial charge in [-0.05, 0) is 19.4 Å². The van der Waals surface area contributed by atoms with E-state index in [9.17, 15) is 9.59 Å². The third-order valence-corrected chi connectivity index (χ3v) is 4.52. The lowest BCUT2D eigenvalue weighted by Crippen LogP contribution is -2.50. The Morgan fingerprint density at radius 2 is 2.15 bits per heavy atom. The van der Waals surface area contributed by atoms with Crippen molar-refractivity contribution < 1.29 is 19.4 Å². The first-order valence-corrected chi connectivity index (χ1v) is 7.35. The molecule has 20 heavy (non-hydrogen) atoms. The Hall–Kier alpha value is -1.14. The fourth-order valence-corrected chi connectivity index (χ4v) is 2.83. The SMILES string of the molecule is CC(C(=O)O)C(C)C(=O)NCC1CN2CCCC2CO1. The number of nitrogens with zero attached hydrogens (tertiary/aromatic N) is 1. The molecule has 0 aromatic rings. The smallest absolute Gasteiger partial charge is 0.307 e. The lowest BCUT2D eigenvalue weighted by molar-refractivity contribution is -0.146. The molecule has 2 N–H and O–H groups in total. The molecule has 0 saturated carbocycles. The average molecular weight is 284 g/mol. The van der Waals surface area contributed by atoms with Gasteiger partial charge in [0.05, 0.1) is 18.6 Å². The van der Waals surface area contributed by atoms with Gasteiger partial charge in [-0.2, -0.15) is 0 Å². The molecule has 0 bridgehead atoms. The second-order valence-corrected chi connectivity index (χ2v) is 5.91. The largest absolute Gasteiger partial charge is 0.481 e. The van der Waals surface area contributed by atoms with E-state index in [1.807, 2.05) is 0 Å². The maximum absolute atomic E-state index is 11.9. The van der Waals surface area contributed by atoms with Crippen molar-refractivity contribution in [2.24, 2.45) is 11.8 Å². The van der Waals surface area contributed by atoms with Crippen LogP contribution in [0.4, 0.5) is 0 Å². The number of morpholine rings is 1. The summed E-state index contributed by atoms with van der Waals surface area (Å²) in [7, 11) is 0. The van der Waals surface area contributed by atoms with Crippen molar-refractivity contribution in [2.45, 2.75) is 38.8 Å². The molecule has 2 fully saturated rings. The number of aliphatic carboxylic acids is 1. The Balaban J connectivity index is 1.74. The standard InChI is InChI=1S/C14H24N2O4/c1-9(10(2)14(18)19)13(17)15-6-12-7-16-5-3-4-11(16)8-20-12/h9-12H,3-8H2,1-2H3,(H,15,17)(H,18,19). The van der Waals surface area contributed by atoms with Gasteiger partial charge in [-0.1, -0.05) is 13.8 Å². The molecule has 0 radical (unpaired) electrons. The number of amides is 1. The van der Waals surface area contributed by atoms with Gasteiger partial charge in [0.1, 0.15) is 0 Å². The number of carbonyl (C=O) groups excluding carboxylic acids is 1. The van der Waals surface area contributed by atoms with E-state index in [1.165, 1.54) is 12.8 Å². The molecular weight excluding hydrogens is 260 g/mol. The first-order valence-electron chi connectivity index (χ1n) is 7.35. The van der Waals surface area contributed by atoms with Gasteiger partial charge >= 0.3 is 5.97 Å². The monoisotopic (exact) mass is 284 g/mol. The van der Waals surface area contributed by atoms with Crippen LogP contribution in [-0.2, 0) is 14.3 Å². The molecule has 2 saturated heterocycles. The minimum Gasteiger partial charge on any atom is -0.481 e. The highest BCUT2D eigenvalue weighted by Gasteiger charge is 2.33. The molecule has 4 atom stereocenters. The van der Waals surface area contributed by atoms with Gasteiger partial charge in [-0.25, -0.2) is 0 Å². The van der Waals surface area contributed by atoms with Crippen LogP contribution in [0.3, 0.4) is 0 Å². The van der Waals surface area contributed by atoms with E-state index in [0.29, 0.717) is 12.6 Å². The number of hydrogen-bond donors (Lipinski definition) is 2. The number of carboxylic acids is 1. The van der Waals surface area contributed by atoms with Gasteiger partial charge in [0, 0.05) is 25.0 Å². The molecule has 6 heteroatoms. The third-order valence-electron chi connectivity index (χ3n) is 4.52. The highest BCUT2D eigenvalue weighted by Crippen LogP contribution is 2.22. The quantitative estimate of drug-likeness (QED) is 0.760. The Labute approximate surface area is 119 Å². The topological polar surface area (TPSA) is 78.9 Å². The number of ether oxygens (including phenoxy) is 1. The first-order chi connectivity index (χ1) is 9.49. The highest BCUT2D eigenvalue weighted by molar-refractivity contribution is 5.84. The van der Waals surface area contributed by atoms with Crippen molar-refractivity contribution in [1.82, 2.24) is 10.2 Å². The van der Waals surface area contributed by atoms with Crippen LogP contribution < -0.4 is 5.32 Å². The van der Waals surface area contributed by atoms with E-state index in [-0.39, 0.29) is 12.0 Å². The summed E-state index contributed by atoms with van der Waals surface area (Å²) in [5.41, 5.74) is 0. The van der Waals surface area contributed by atoms with Gasteiger partial charge in [0.25, 0.3) is 0 Å². The Kier molecular flexibility index (Phi) is 4.99. The first kappa shape index (κ1) is 15.3. The second kappa shape index (κ2) is 6.54. The molecule has 4 unspecified atom stereocenters. The summed E-state index contributed by atoms with van der Waals surface area (Å²) in [6, 6.07) is 0.549. The zero-order chi connectivity index (χ0) is 14.7. The van der Waals surface area contributed by atoms with Gasteiger partial charge < -0.3 is 15.2 Å². The fourth-order valence-electron chi connectivity index (χ4n) is 2.83. The molecule has 0 spiro atoms. The number of fused-ring (bicyclic) bond motifs is 1. The van der Waals surface area contributed by atoms with Crippen molar-refractivity contribution in [3.63, 3.8) is 0 Å². The van der Waals surface area contributed by atoms with E-state index in [2.05, 4.69) is 10.2 Å². The number of hydrogen-bond acceptors (Lipinski definition) is 4. The average Bonchev–Trinajstić information content (AvgIpc) is 2.90. The van der Waals surface area contributed by atoms with Crippen molar-refractivity contribution in [3.8, 4) is 0 Å². The summed E-state index contributed by atoms with van der Waals surface area (Å²) >= 11 is 0. The fraction of sp³-hybridized carbons (Fsp3) is 0.857. The van der Waals surface area contributed by atoms with Crippen LogP contribution >= 0.6 is 0 Å². The van der Waals surface area contributed by atoms with E-state index in [1.54, 1.807) is 13.8 Å². The minimum absolute atomic E-state index is 0.0145. The van der Waals surface area contributed by atoms with E-state index < -0.39 is 17.8 Å². The second-order valence-electron chi connectivity index (χ2n) is 5.91. The van der Waals surface area contributed by atoms with Crippen molar-refractivity contribution in [1.29, 1.82) is 0 Å². The molecular formula is C14H24N2O4. The molecule has 2 rings (SSSR count). The van der Waals surface area contributed by atoms with E-state index in [4.69, 9.17) is 9.84 Å². The van der Waals surface area contributed by atoms with Gasteiger partial charge in [0.15, 0.2) is 0 Å². The maximum Gasteiger partial charge on any atom is 0.307 e. The molecule has 0 aromatic carbocycles. The third kappa shape index (κ3) is 3.49. The maximum atomic E-state index is 11.9. The summed E-state index contributed by atoms with van der Waals surface area (Å²) in [6.07, 6.45) is 2.44.